The molecule has 6 heteroatoms. The summed E-state index contributed by atoms with van der Waals surface area (Å²) in [5.74, 6) is 0.398. The van der Waals surface area contributed by atoms with Gasteiger partial charge < -0.3 is 10.1 Å². The molecular formula is C22H24FN3O2. The highest BCUT2D eigenvalue weighted by Gasteiger charge is 2.20. The minimum Gasteiger partial charge on any atom is -0.496 e. The number of carbonyl (C=O) groups excluding carboxylic acids is 1. The van der Waals surface area contributed by atoms with Crippen LogP contribution in [0.4, 0.5) is 4.39 Å². The van der Waals surface area contributed by atoms with Crippen molar-refractivity contribution in [2.24, 2.45) is 0 Å². The van der Waals surface area contributed by atoms with Gasteiger partial charge in [-0.05, 0) is 48.2 Å². The third kappa shape index (κ3) is 4.22. The maximum atomic E-state index is 13.2. The summed E-state index contributed by atoms with van der Waals surface area (Å²) in [5, 5.41) is 7.33. The molecule has 1 amide bonds. The fraction of sp³-hybridized carbons (Fsp3) is 0.273. The maximum Gasteiger partial charge on any atom is 0.254 e. The second kappa shape index (κ2) is 8.69. The number of nitrogens with zero attached hydrogens (tertiary/aromatic N) is 2. The first kappa shape index (κ1) is 19.6. The quantitative estimate of drug-likeness (QED) is 0.670. The zero-order chi connectivity index (χ0) is 20.1. The summed E-state index contributed by atoms with van der Waals surface area (Å²) in [6.07, 6.45) is 2.23. The number of amides is 1. The molecule has 3 rings (SSSR count). The van der Waals surface area contributed by atoms with E-state index in [0.29, 0.717) is 18.5 Å². The highest BCUT2D eigenvalue weighted by Crippen LogP contribution is 2.23. The van der Waals surface area contributed by atoms with E-state index < -0.39 is 0 Å². The molecule has 0 spiro atoms. The van der Waals surface area contributed by atoms with Crippen LogP contribution in [0, 0.1) is 5.82 Å². The average Bonchev–Trinajstić information content (AvgIpc) is 3.14. The molecule has 1 N–H and O–H groups in total. The Labute approximate surface area is 164 Å². The first-order valence-corrected chi connectivity index (χ1v) is 9.25. The van der Waals surface area contributed by atoms with E-state index in [1.807, 2.05) is 38.1 Å². The highest BCUT2D eigenvalue weighted by molar-refractivity contribution is 5.95. The first-order valence-electron chi connectivity index (χ1n) is 9.25. The topological polar surface area (TPSA) is 56.1 Å². The second-order valence-corrected chi connectivity index (χ2v) is 6.80. The molecule has 1 aromatic heterocycles. The largest absolute Gasteiger partial charge is 0.496 e. The van der Waals surface area contributed by atoms with Crippen molar-refractivity contribution in [3.63, 3.8) is 0 Å². The fourth-order valence-corrected chi connectivity index (χ4v) is 3.19. The Bertz CT molecular complexity index is 949. The summed E-state index contributed by atoms with van der Waals surface area (Å²) in [7, 11) is 1.64. The van der Waals surface area contributed by atoms with Crippen LogP contribution in [0.25, 0.3) is 5.69 Å². The van der Waals surface area contributed by atoms with E-state index in [1.54, 1.807) is 30.1 Å². The van der Waals surface area contributed by atoms with E-state index in [-0.39, 0.29) is 17.6 Å². The van der Waals surface area contributed by atoms with Gasteiger partial charge in [-0.1, -0.05) is 32.0 Å². The van der Waals surface area contributed by atoms with Gasteiger partial charge in [0.2, 0.25) is 0 Å². The van der Waals surface area contributed by atoms with Crippen LogP contribution >= 0.6 is 0 Å². The standard InChI is InChI=1S/C22H24FN3O2/c1-15(2)21-19(14-25-26(21)18-10-8-17(23)9-11-18)22(27)24-13-12-16-6-4-5-7-20(16)28-3/h4-11,14-15H,12-13H2,1-3H3,(H,24,27). The van der Waals surface area contributed by atoms with Crippen LogP contribution in [0.1, 0.15) is 41.4 Å². The minimum absolute atomic E-state index is 0.0718. The molecule has 3 aromatic rings. The molecule has 0 fully saturated rings. The normalized spacial score (nSPS) is 10.9. The zero-order valence-electron chi connectivity index (χ0n) is 16.3. The molecule has 0 radical (unpaired) electrons. The van der Waals surface area contributed by atoms with Gasteiger partial charge in [0.25, 0.3) is 5.91 Å². The van der Waals surface area contributed by atoms with Gasteiger partial charge in [-0.3, -0.25) is 4.79 Å². The second-order valence-electron chi connectivity index (χ2n) is 6.80. The lowest BCUT2D eigenvalue weighted by atomic mass is 10.0. The lowest BCUT2D eigenvalue weighted by Crippen LogP contribution is -2.26. The number of methoxy groups -OCH3 is 1. The summed E-state index contributed by atoms with van der Waals surface area (Å²) in [6, 6.07) is 13.8. The van der Waals surface area contributed by atoms with Gasteiger partial charge in [-0.15, -0.1) is 0 Å². The predicted octanol–water partition coefficient (Wildman–Crippen LogP) is 4.12. The average molecular weight is 381 g/mol. The van der Waals surface area contributed by atoms with E-state index in [1.165, 1.54) is 12.1 Å². The number of hydrogen-bond donors (Lipinski definition) is 1. The molecule has 146 valence electrons. The van der Waals surface area contributed by atoms with Gasteiger partial charge in [-0.25, -0.2) is 9.07 Å². The summed E-state index contributed by atoms with van der Waals surface area (Å²) >= 11 is 0. The molecule has 0 bridgehead atoms. The Morgan fingerprint density at radius 3 is 2.57 bits per heavy atom. The number of benzene rings is 2. The van der Waals surface area contributed by atoms with E-state index in [9.17, 15) is 9.18 Å². The number of aromatic nitrogens is 2. The van der Waals surface area contributed by atoms with Gasteiger partial charge in [0, 0.05) is 6.54 Å². The van der Waals surface area contributed by atoms with Gasteiger partial charge in [0.15, 0.2) is 0 Å². The molecule has 5 nitrogen and oxygen atoms in total. The van der Waals surface area contributed by atoms with Crippen molar-refractivity contribution in [1.82, 2.24) is 15.1 Å². The number of halogens is 1. The summed E-state index contributed by atoms with van der Waals surface area (Å²) in [5.41, 5.74) is 3.08. The van der Waals surface area contributed by atoms with Crippen LogP contribution in [0.3, 0.4) is 0 Å². The number of rotatable bonds is 7. The third-order valence-electron chi connectivity index (χ3n) is 4.54. The highest BCUT2D eigenvalue weighted by atomic mass is 19.1. The number of carbonyl (C=O) groups is 1. The molecule has 0 atom stereocenters. The minimum atomic E-state index is -0.309. The Morgan fingerprint density at radius 1 is 1.18 bits per heavy atom. The number of nitrogens with one attached hydrogen (secondary N) is 1. The van der Waals surface area contributed by atoms with E-state index in [2.05, 4.69) is 10.4 Å². The van der Waals surface area contributed by atoms with Crippen LogP contribution in [0.2, 0.25) is 0 Å². The Kier molecular flexibility index (Phi) is 6.09. The van der Waals surface area contributed by atoms with Crippen LogP contribution in [0.15, 0.2) is 54.7 Å². The van der Waals surface area contributed by atoms with Crippen LogP contribution in [-0.4, -0.2) is 29.3 Å². The molecular weight excluding hydrogens is 357 g/mol. The van der Waals surface area contributed by atoms with Crippen molar-refractivity contribution in [1.29, 1.82) is 0 Å². The Morgan fingerprint density at radius 2 is 1.89 bits per heavy atom. The summed E-state index contributed by atoms with van der Waals surface area (Å²) in [6.45, 7) is 4.49. The van der Waals surface area contributed by atoms with Gasteiger partial charge in [0.05, 0.1) is 30.3 Å². The number of para-hydroxylation sites is 1. The molecule has 0 aliphatic carbocycles. The van der Waals surface area contributed by atoms with Crippen molar-refractivity contribution in [3.8, 4) is 11.4 Å². The molecule has 0 saturated carbocycles. The van der Waals surface area contributed by atoms with Crippen molar-refractivity contribution >= 4 is 5.91 Å². The van der Waals surface area contributed by atoms with Crippen LogP contribution in [0.5, 0.6) is 5.75 Å². The van der Waals surface area contributed by atoms with Crippen molar-refractivity contribution in [2.75, 3.05) is 13.7 Å². The summed E-state index contributed by atoms with van der Waals surface area (Å²) < 4.78 is 20.3. The molecule has 0 saturated heterocycles. The monoisotopic (exact) mass is 381 g/mol. The van der Waals surface area contributed by atoms with Gasteiger partial charge >= 0.3 is 0 Å². The molecule has 0 aliphatic rings. The molecule has 2 aromatic carbocycles. The smallest absolute Gasteiger partial charge is 0.254 e. The van der Waals surface area contributed by atoms with Crippen molar-refractivity contribution in [3.05, 3.63) is 77.4 Å². The van der Waals surface area contributed by atoms with Crippen LogP contribution in [-0.2, 0) is 6.42 Å². The predicted molar refractivity (Wildman–Crippen MR) is 107 cm³/mol. The van der Waals surface area contributed by atoms with Crippen molar-refractivity contribution < 1.29 is 13.9 Å². The number of ether oxygens (including phenoxy) is 1. The molecule has 28 heavy (non-hydrogen) atoms. The SMILES string of the molecule is COc1ccccc1CCNC(=O)c1cnn(-c2ccc(F)cc2)c1C(C)C. The Balaban J connectivity index is 1.75. The molecule has 0 unspecified atom stereocenters. The lowest BCUT2D eigenvalue weighted by molar-refractivity contribution is 0.0952. The third-order valence-corrected chi connectivity index (χ3v) is 4.54. The van der Waals surface area contributed by atoms with E-state index in [4.69, 9.17) is 4.74 Å². The fourth-order valence-electron chi connectivity index (χ4n) is 3.19. The lowest BCUT2D eigenvalue weighted by Gasteiger charge is -2.13. The maximum absolute atomic E-state index is 13.2. The first-order chi connectivity index (χ1) is 13.5. The van der Waals surface area contributed by atoms with Crippen LogP contribution < -0.4 is 10.1 Å². The number of hydrogen-bond acceptors (Lipinski definition) is 3. The Hall–Kier alpha value is -3.15. The van der Waals surface area contributed by atoms with Crippen molar-refractivity contribution in [2.45, 2.75) is 26.2 Å². The molecule has 1 heterocycles. The van der Waals surface area contributed by atoms with E-state index >= 15 is 0 Å². The van der Waals surface area contributed by atoms with Gasteiger partial charge in [-0.2, -0.15) is 5.10 Å². The van der Waals surface area contributed by atoms with Gasteiger partial charge in [0.1, 0.15) is 11.6 Å². The summed E-state index contributed by atoms with van der Waals surface area (Å²) in [4.78, 5) is 12.8. The molecule has 0 aliphatic heterocycles. The van der Waals surface area contributed by atoms with E-state index in [0.717, 1.165) is 22.7 Å². The zero-order valence-corrected chi connectivity index (χ0v) is 16.3.